The summed E-state index contributed by atoms with van der Waals surface area (Å²) in [5.74, 6) is -0.190. The summed E-state index contributed by atoms with van der Waals surface area (Å²) in [5, 5.41) is 54.5. The Morgan fingerprint density at radius 2 is 0.851 bits per heavy atom. The average molecular weight is 1040 g/mol. The van der Waals surface area contributed by atoms with Crippen LogP contribution in [0.2, 0.25) is 0 Å². The molecule has 0 saturated carbocycles. The van der Waals surface area contributed by atoms with Crippen molar-refractivity contribution in [3.63, 3.8) is 0 Å². The summed E-state index contributed by atoms with van der Waals surface area (Å²) in [6.07, 6.45) is 69.6. The normalized spacial score (nSPS) is 19.6. The maximum atomic E-state index is 13.1. The van der Waals surface area contributed by atoms with Crippen molar-refractivity contribution in [2.45, 2.75) is 307 Å². The van der Waals surface area contributed by atoms with Crippen LogP contribution in [0, 0.1) is 0 Å². The smallest absolute Gasteiger partial charge is 0.220 e. The summed E-state index contributed by atoms with van der Waals surface area (Å²) >= 11 is 0. The van der Waals surface area contributed by atoms with Crippen molar-refractivity contribution >= 4 is 5.91 Å². The Balaban J connectivity index is 2.12. The molecule has 7 atom stereocenters. The maximum Gasteiger partial charge on any atom is 0.220 e. The van der Waals surface area contributed by atoms with Crippen LogP contribution in [0.25, 0.3) is 0 Å². The minimum absolute atomic E-state index is 0.190. The highest BCUT2D eigenvalue weighted by Gasteiger charge is 2.44. The van der Waals surface area contributed by atoms with E-state index >= 15 is 0 Å². The third kappa shape index (κ3) is 42.5. The van der Waals surface area contributed by atoms with Crippen LogP contribution in [0.5, 0.6) is 0 Å². The molecule has 1 amide bonds. The van der Waals surface area contributed by atoms with Crippen molar-refractivity contribution in [2.24, 2.45) is 0 Å². The Bertz CT molecular complexity index is 1440. The molecule has 0 aromatic carbocycles. The molecule has 6 N–H and O–H groups in total. The molecule has 1 aliphatic rings. The number of carbonyl (C=O) groups is 1. The second kappa shape index (κ2) is 53.8. The first-order valence-corrected chi connectivity index (χ1v) is 30.8. The molecule has 74 heavy (non-hydrogen) atoms. The molecule has 428 valence electrons. The van der Waals surface area contributed by atoms with Gasteiger partial charge in [0.15, 0.2) is 6.29 Å². The molecule has 0 bridgehead atoms. The van der Waals surface area contributed by atoms with Gasteiger partial charge < -0.3 is 40.3 Å². The van der Waals surface area contributed by atoms with Crippen LogP contribution >= 0.6 is 0 Å². The number of unbranched alkanes of at least 4 members (excludes halogenated alkanes) is 30. The van der Waals surface area contributed by atoms with Crippen molar-refractivity contribution in [1.82, 2.24) is 5.32 Å². The fourth-order valence-electron chi connectivity index (χ4n) is 9.36. The first kappa shape index (κ1) is 69.4. The van der Waals surface area contributed by atoms with Gasteiger partial charge >= 0.3 is 0 Å². The van der Waals surface area contributed by atoms with E-state index in [4.69, 9.17) is 9.47 Å². The van der Waals surface area contributed by atoms with E-state index in [9.17, 15) is 30.3 Å². The van der Waals surface area contributed by atoms with Gasteiger partial charge in [-0.15, -0.1) is 0 Å². The van der Waals surface area contributed by atoms with Crippen molar-refractivity contribution in [1.29, 1.82) is 0 Å². The molecule has 1 fully saturated rings. The molecular weight excluding hydrogens is 923 g/mol. The minimum Gasteiger partial charge on any atom is -0.394 e. The number of hydrogen-bond acceptors (Lipinski definition) is 8. The lowest BCUT2D eigenvalue weighted by atomic mass is 9.99. The van der Waals surface area contributed by atoms with Crippen LogP contribution in [0.3, 0.4) is 0 Å². The number of aliphatic hydroxyl groups excluding tert-OH is 5. The lowest BCUT2D eigenvalue weighted by Gasteiger charge is -2.40. The monoisotopic (exact) mass is 1040 g/mol. The highest BCUT2D eigenvalue weighted by atomic mass is 16.7. The molecule has 0 spiro atoms. The fourth-order valence-corrected chi connectivity index (χ4v) is 9.36. The molecule has 1 aliphatic heterocycles. The number of amides is 1. The van der Waals surface area contributed by atoms with Gasteiger partial charge in [0.1, 0.15) is 24.4 Å². The van der Waals surface area contributed by atoms with E-state index in [1.165, 1.54) is 167 Å². The molecule has 1 saturated heterocycles. The second-order valence-electron chi connectivity index (χ2n) is 21.1. The van der Waals surface area contributed by atoms with E-state index in [0.717, 1.165) is 77.0 Å². The highest BCUT2D eigenvalue weighted by molar-refractivity contribution is 5.76. The highest BCUT2D eigenvalue weighted by Crippen LogP contribution is 2.23. The summed E-state index contributed by atoms with van der Waals surface area (Å²) in [6, 6.07) is -0.830. The van der Waals surface area contributed by atoms with Gasteiger partial charge in [0.25, 0.3) is 0 Å². The van der Waals surface area contributed by atoms with Gasteiger partial charge in [-0.1, -0.05) is 259 Å². The van der Waals surface area contributed by atoms with E-state index < -0.39 is 49.5 Å². The van der Waals surface area contributed by atoms with E-state index in [0.29, 0.717) is 6.42 Å². The van der Waals surface area contributed by atoms with E-state index in [1.54, 1.807) is 6.08 Å². The molecule has 7 unspecified atom stereocenters. The molecule has 9 heteroatoms. The SMILES string of the molecule is CC/C=C\C/C=C\C/C=C\C/C=C\CCCCCCCCCCCCCCCCCCCCCCCCC(=O)NC(COC1OC(CO)C(O)C(O)C1O)C(O)/C=C/CC/C=C/CC/C=C/CCCCCCCC. The summed E-state index contributed by atoms with van der Waals surface area (Å²) < 4.78 is 11.3. The lowest BCUT2D eigenvalue weighted by molar-refractivity contribution is -0.302. The molecule has 0 aliphatic carbocycles. The molecule has 0 aromatic heterocycles. The van der Waals surface area contributed by atoms with Crippen molar-refractivity contribution < 1.29 is 39.8 Å². The number of allylic oxidation sites excluding steroid dienone is 13. The number of nitrogens with one attached hydrogen (secondary N) is 1. The topological polar surface area (TPSA) is 149 Å². The zero-order chi connectivity index (χ0) is 53.6. The van der Waals surface area contributed by atoms with Gasteiger partial charge in [0, 0.05) is 6.42 Å². The minimum atomic E-state index is -1.58. The first-order valence-electron chi connectivity index (χ1n) is 30.8. The zero-order valence-electron chi connectivity index (χ0n) is 47.6. The Hall–Kier alpha value is -2.63. The largest absolute Gasteiger partial charge is 0.394 e. The van der Waals surface area contributed by atoms with Crippen LogP contribution in [0.1, 0.15) is 264 Å². The van der Waals surface area contributed by atoms with Crippen molar-refractivity contribution in [2.75, 3.05) is 13.2 Å². The Morgan fingerprint density at radius 1 is 0.473 bits per heavy atom. The number of carbonyl (C=O) groups excluding carboxylic acids is 1. The van der Waals surface area contributed by atoms with Crippen LogP contribution < -0.4 is 5.32 Å². The lowest BCUT2D eigenvalue weighted by Crippen LogP contribution is -2.60. The maximum absolute atomic E-state index is 13.1. The summed E-state index contributed by atoms with van der Waals surface area (Å²) in [4.78, 5) is 13.1. The molecule has 0 aromatic rings. The van der Waals surface area contributed by atoms with Gasteiger partial charge in [-0.25, -0.2) is 0 Å². The van der Waals surface area contributed by atoms with Gasteiger partial charge in [0.2, 0.25) is 5.91 Å². The zero-order valence-corrected chi connectivity index (χ0v) is 47.6. The second-order valence-corrected chi connectivity index (χ2v) is 21.1. The standard InChI is InChI=1S/C65H115NO8/c1-3-5-7-9-11-13-15-17-19-21-22-23-24-25-26-27-28-29-30-31-32-33-34-35-36-37-38-39-41-43-45-47-49-51-53-55-61(69)66-58(57-73-65-64(72)63(71)62(70)60(56-67)74-65)59(68)54-52-50-48-46-44-42-40-20-18-16-14-12-10-8-6-4-2/h5,7,11,13,17-20,22-23,44,46,52,54,58-60,62-65,67-68,70-72H,3-4,6,8-10,12,14-16,21,24-43,45,47-51,53,55-57H2,1-2H3,(H,66,69)/b7-5-,13-11-,19-17-,20-18+,23-22-,46-44+,54-52+. The van der Waals surface area contributed by atoms with Crippen LogP contribution in [0.4, 0.5) is 0 Å². The van der Waals surface area contributed by atoms with Crippen LogP contribution in [-0.2, 0) is 14.3 Å². The summed E-state index contributed by atoms with van der Waals surface area (Å²) in [6.45, 7) is 3.64. The molecule has 1 rings (SSSR count). The van der Waals surface area contributed by atoms with Gasteiger partial charge in [0.05, 0.1) is 25.4 Å². The number of hydrogen-bond donors (Lipinski definition) is 6. The number of rotatable bonds is 52. The quantitative estimate of drug-likeness (QED) is 0.0261. The van der Waals surface area contributed by atoms with Gasteiger partial charge in [-0.3, -0.25) is 4.79 Å². The van der Waals surface area contributed by atoms with Crippen molar-refractivity contribution in [3.8, 4) is 0 Å². The predicted octanol–water partition coefficient (Wildman–Crippen LogP) is 15.8. The van der Waals surface area contributed by atoms with E-state index in [2.05, 4.69) is 92.1 Å². The van der Waals surface area contributed by atoms with Crippen LogP contribution in [-0.4, -0.2) is 87.5 Å². The van der Waals surface area contributed by atoms with Gasteiger partial charge in [-0.05, 0) is 83.5 Å². The molecule has 1 heterocycles. The average Bonchev–Trinajstić information content (AvgIpc) is 3.40. The molecule has 9 nitrogen and oxygen atoms in total. The third-order valence-electron chi connectivity index (χ3n) is 14.2. The Morgan fingerprint density at radius 3 is 1.30 bits per heavy atom. The van der Waals surface area contributed by atoms with Crippen molar-refractivity contribution in [3.05, 3.63) is 85.1 Å². The summed E-state index contributed by atoms with van der Waals surface area (Å²) in [7, 11) is 0. The predicted molar refractivity (Wildman–Crippen MR) is 313 cm³/mol. The third-order valence-corrected chi connectivity index (χ3v) is 14.2. The Labute approximate surface area is 454 Å². The van der Waals surface area contributed by atoms with E-state index in [1.807, 2.05) is 6.08 Å². The summed E-state index contributed by atoms with van der Waals surface area (Å²) in [5.41, 5.74) is 0. The number of ether oxygens (including phenoxy) is 2. The molecule has 0 radical (unpaired) electrons. The van der Waals surface area contributed by atoms with E-state index in [-0.39, 0.29) is 12.5 Å². The van der Waals surface area contributed by atoms with Crippen LogP contribution in [0.15, 0.2) is 85.1 Å². The Kier molecular flexibility index (Phi) is 50.4. The molecular formula is C65H115NO8. The fraction of sp³-hybridized carbons (Fsp3) is 0.769. The first-order chi connectivity index (χ1) is 36.3. The van der Waals surface area contributed by atoms with Gasteiger partial charge in [-0.2, -0.15) is 0 Å². The number of aliphatic hydroxyl groups is 5.